The second-order valence-corrected chi connectivity index (χ2v) is 6.79. The van der Waals surface area contributed by atoms with E-state index in [-0.39, 0.29) is 12.5 Å². The highest BCUT2D eigenvalue weighted by Crippen LogP contribution is 2.22. The molecule has 0 saturated heterocycles. The fourth-order valence-electron chi connectivity index (χ4n) is 2.94. The van der Waals surface area contributed by atoms with Crippen LogP contribution < -0.4 is 10.3 Å². The Morgan fingerprint density at radius 3 is 2.32 bits per heavy atom. The van der Waals surface area contributed by atoms with Crippen LogP contribution in [-0.2, 0) is 11.3 Å². The number of para-hydroxylation sites is 1. The molecular formula is C23H21N7O. The van der Waals surface area contributed by atoms with Crippen LogP contribution >= 0.6 is 0 Å². The minimum atomic E-state index is -0.339. The van der Waals surface area contributed by atoms with Crippen molar-refractivity contribution in [2.45, 2.75) is 6.54 Å². The number of nitrogens with zero attached hydrogens (tertiary/aromatic N) is 6. The van der Waals surface area contributed by atoms with E-state index < -0.39 is 0 Å². The summed E-state index contributed by atoms with van der Waals surface area (Å²) in [4.78, 5) is 15.4. The number of tetrazole rings is 1. The minimum Gasteiger partial charge on any atom is -0.345 e. The highest BCUT2D eigenvalue weighted by atomic mass is 16.2. The monoisotopic (exact) mass is 411 g/mol. The van der Waals surface area contributed by atoms with E-state index >= 15 is 0 Å². The fraction of sp³-hybridized carbons (Fsp3) is 0.0870. The molecule has 0 saturated carbocycles. The molecule has 0 unspecified atom stereocenters. The molecule has 1 aromatic heterocycles. The summed E-state index contributed by atoms with van der Waals surface area (Å²) in [5.74, 6) is 0.131. The lowest BCUT2D eigenvalue weighted by molar-refractivity contribution is -0.122. The molecule has 0 radical (unpaired) electrons. The van der Waals surface area contributed by atoms with Crippen LogP contribution in [0.5, 0.6) is 0 Å². The van der Waals surface area contributed by atoms with E-state index in [0.29, 0.717) is 5.82 Å². The van der Waals surface area contributed by atoms with Gasteiger partial charge in [0.15, 0.2) is 0 Å². The summed E-state index contributed by atoms with van der Waals surface area (Å²) in [5.41, 5.74) is 6.36. The predicted molar refractivity (Wildman–Crippen MR) is 120 cm³/mol. The Labute approximate surface area is 179 Å². The molecule has 0 bridgehead atoms. The number of nitrogens with one attached hydrogen (secondary N) is 1. The van der Waals surface area contributed by atoms with Gasteiger partial charge in [-0.3, -0.25) is 4.79 Å². The molecule has 8 nitrogen and oxygen atoms in total. The summed E-state index contributed by atoms with van der Waals surface area (Å²) in [5, 5.41) is 16.1. The topological polar surface area (TPSA) is 88.3 Å². The molecule has 0 atom stereocenters. The van der Waals surface area contributed by atoms with Gasteiger partial charge in [-0.05, 0) is 35.0 Å². The molecule has 31 heavy (non-hydrogen) atoms. The second kappa shape index (κ2) is 9.45. The lowest BCUT2D eigenvalue weighted by Gasteiger charge is -2.19. The summed E-state index contributed by atoms with van der Waals surface area (Å²) >= 11 is 0. The molecule has 8 heteroatoms. The van der Waals surface area contributed by atoms with Crippen LogP contribution in [0.1, 0.15) is 5.56 Å². The maximum Gasteiger partial charge on any atom is 0.263 e. The van der Waals surface area contributed by atoms with Gasteiger partial charge >= 0.3 is 0 Å². The van der Waals surface area contributed by atoms with Gasteiger partial charge in [-0.2, -0.15) is 9.90 Å². The maximum absolute atomic E-state index is 12.1. The highest BCUT2D eigenvalue weighted by molar-refractivity contribution is 5.83. The van der Waals surface area contributed by atoms with E-state index in [2.05, 4.69) is 43.0 Å². The largest absolute Gasteiger partial charge is 0.345 e. The average molecular weight is 411 g/mol. The Morgan fingerprint density at radius 2 is 1.61 bits per heavy atom. The van der Waals surface area contributed by atoms with Crippen molar-refractivity contribution >= 4 is 23.5 Å². The molecule has 1 amide bonds. The number of hydrogen-bond acceptors (Lipinski definition) is 6. The molecule has 0 aliphatic carbocycles. The molecular weight excluding hydrogens is 390 g/mol. The molecule has 1 heterocycles. The van der Waals surface area contributed by atoms with Crippen LogP contribution in [0.25, 0.3) is 11.4 Å². The third kappa shape index (κ3) is 5.18. The van der Waals surface area contributed by atoms with Gasteiger partial charge in [0.05, 0.1) is 6.21 Å². The Kier molecular flexibility index (Phi) is 6.08. The number of aromatic nitrogens is 4. The van der Waals surface area contributed by atoms with E-state index in [0.717, 1.165) is 22.5 Å². The number of rotatable bonds is 7. The summed E-state index contributed by atoms with van der Waals surface area (Å²) in [7, 11) is 2.01. The number of hydrazone groups is 1. The van der Waals surface area contributed by atoms with Crippen LogP contribution in [0, 0.1) is 0 Å². The van der Waals surface area contributed by atoms with Crippen molar-refractivity contribution in [3.63, 3.8) is 0 Å². The number of amides is 1. The SMILES string of the molecule is CN(c1ccccc1)c1ccc(C=NNC(=O)Cn2nnc(-c3ccccc3)n2)cc1. The fourth-order valence-corrected chi connectivity index (χ4v) is 2.94. The average Bonchev–Trinajstić information content (AvgIpc) is 3.28. The van der Waals surface area contributed by atoms with Crippen molar-refractivity contribution < 1.29 is 4.79 Å². The van der Waals surface area contributed by atoms with E-state index in [4.69, 9.17) is 0 Å². The van der Waals surface area contributed by atoms with Crippen molar-refractivity contribution in [3.8, 4) is 11.4 Å². The van der Waals surface area contributed by atoms with Crippen LogP contribution in [0.3, 0.4) is 0 Å². The van der Waals surface area contributed by atoms with Gasteiger partial charge < -0.3 is 4.90 Å². The van der Waals surface area contributed by atoms with Gasteiger partial charge in [-0.15, -0.1) is 10.2 Å². The molecule has 0 aliphatic rings. The van der Waals surface area contributed by atoms with E-state index in [1.54, 1.807) is 6.21 Å². The molecule has 0 aliphatic heterocycles. The Morgan fingerprint density at radius 1 is 0.968 bits per heavy atom. The first-order chi connectivity index (χ1) is 15.2. The summed E-state index contributed by atoms with van der Waals surface area (Å²) in [6.07, 6.45) is 1.59. The minimum absolute atomic E-state index is 0.0714. The molecule has 1 N–H and O–H groups in total. The third-order valence-corrected chi connectivity index (χ3v) is 4.60. The zero-order valence-electron chi connectivity index (χ0n) is 17.0. The van der Waals surface area contributed by atoms with Gasteiger partial charge in [-0.1, -0.05) is 60.7 Å². The van der Waals surface area contributed by atoms with Crippen LogP contribution in [0.15, 0.2) is 90.0 Å². The zero-order valence-corrected chi connectivity index (χ0v) is 17.0. The van der Waals surface area contributed by atoms with Crippen LogP contribution in [0.2, 0.25) is 0 Å². The highest BCUT2D eigenvalue weighted by Gasteiger charge is 2.08. The number of hydrogen-bond donors (Lipinski definition) is 1. The zero-order chi connectivity index (χ0) is 21.5. The van der Waals surface area contributed by atoms with Gasteiger partial charge in [0.2, 0.25) is 5.82 Å². The molecule has 3 aromatic carbocycles. The molecule has 0 fully saturated rings. The van der Waals surface area contributed by atoms with Crippen molar-refractivity contribution in [3.05, 3.63) is 90.5 Å². The Hall–Kier alpha value is -4.33. The molecule has 4 aromatic rings. The predicted octanol–water partition coefficient (Wildman–Crippen LogP) is 3.26. The van der Waals surface area contributed by atoms with E-state index in [1.165, 1.54) is 4.80 Å². The normalized spacial score (nSPS) is 10.9. The molecule has 154 valence electrons. The summed E-state index contributed by atoms with van der Waals surface area (Å²) in [6.45, 7) is -0.0714. The van der Waals surface area contributed by atoms with Gasteiger partial charge in [0, 0.05) is 24.0 Å². The van der Waals surface area contributed by atoms with Crippen LogP contribution in [0.4, 0.5) is 11.4 Å². The quantitative estimate of drug-likeness (QED) is 0.373. The first-order valence-electron chi connectivity index (χ1n) is 9.73. The smallest absolute Gasteiger partial charge is 0.263 e. The van der Waals surface area contributed by atoms with Crippen LogP contribution in [-0.4, -0.2) is 39.4 Å². The Bertz CT molecular complexity index is 1160. The number of carbonyl (C=O) groups excluding carboxylic acids is 1. The lowest BCUT2D eigenvalue weighted by Crippen LogP contribution is -2.24. The number of benzene rings is 3. The van der Waals surface area contributed by atoms with Crippen molar-refractivity contribution in [2.24, 2.45) is 5.10 Å². The first-order valence-corrected chi connectivity index (χ1v) is 9.73. The third-order valence-electron chi connectivity index (χ3n) is 4.60. The first kappa shape index (κ1) is 20.0. The van der Waals surface area contributed by atoms with Gasteiger partial charge in [0.1, 0.15) is 6.54 Å². The van der Waals surface area contributed by atoms with E-state index in [1.807, 2.05) is 79.8 Å². The number of carbonyl (C=O) groups is 1. The van der Waals surface area contributed by atoms with Crippen molar-refractivity contribution in [1.29, 1.82) is 0 Å². The van der Waals surface area contributed by atoms with Crippen molar-refractivity contribution in [1.82, 2.24) is 25.6 Å². The maximum atomic E-state index is 12.1. The van der Waals surface area contributed by atoms with Gasteiger partial charge in [-0.25, -0.2) is 5.43 Å². The number of anilines is 2. The second-order valence-electron chi connectivity index (χ2n) is 6.79. The van der Waals surface area contributed by atoms with E-state index in [9.17, 15) is 4.79 Å². The molecule has 4 rings (SSSR count). The summed E-state index contributed by atoms with van der Waals surface area (Å²) < 4.78 is 0. The van der Waals surface area contributed by atoms with Crippen molar-refractivity contribution in [2.75, 3.05) is 11.9 Å². The Balaban J connectivity index is 1.30. The summed E-state index contributed by atoms with van der Waals surface area (Å²) in [6, 6.07) is 27.5. The lowest BCUT2D eigenvalue weighted by atomic mass is 10.2. The standard InChI is InChI=1S/C23H21N7O/c1-29(20-10-6-3-7-11-20)21-14-12-18(13-15-21)16-24-25-22(31)17-30-27-23(26-28-30)19-8-4-2-5-9-19/h2-16H,17H2,1H3,(H,25,31). The van der Waals surface area contributed by atoms with Gasteiger partial charge in [0.25, 0.3) is 5.91 Å². The molecule has 0 spiro atoms.